The van der Waals surface area contributed by atoms with Gasteiger partial charge in [0.15, 0.2) is 0 Å². The van der Waals surface area contributed by atoms with E-state index in [0.29, 0.717) is 12.5 Å². The second kappa shape index (κ2) is 7.63. The largest absolute Gasteiger partial charge is 0.279 e. The van der Waals surface area contributed by atoms with E-state index in [0.717, 1.165) is 10.4 Å². The van der Waals surface area contributed by atoms with Gasteiger partial charge < -0.3 is 0 Å². The van der Waals surface area contributed by atoms with Crippen molar-refractivity contribution in [3.63, 3.8) is 0 Å². The number of benzene rings is 1. The molecule has 22 heavy (non-hydrogen) atoms. The Bertz CT molecular complexity index is 659. The van der Waals surface area contributed by atoms with Crippen LogP contribution in [0.4, 0.5) is 8.78 Å². The highest BCUT2D eigenvalue weighted by molar-refractivity contribution is 7.87. The molecule has 0 spiro atoms. The highest BCUT2D eigenvalue weighted by atomic mass is 32.2. The number of nitrogens with zero attached hydrogens (tertiary/aromatic N) is 2. The van der Waals surface area contributed by atoms with Crippen LogP contribution in [-0.2, 0) is 10.2 Å². The maximum atomic E-state index is 13.8. The minimum Gasteiger partial charge on any atom is -0.207 e. The van der Waals surface area contributed by atoms with E-state index in [9.17, 15) is 17.2 Å². The molecule has 0 aliphatic heterocycles. The molecule has 2 atom stereocenters. The maximum absolute atomic E-state index is 13.8. The minimum absolute atomic E-state index is 0.0220. The van der Waals surface area contributed by atoms with Crippen LogP contribution in [-0.4, -0.2) is 26.3 Å². The third-order valence-corrected chi connectivity index (χ3v) is 4.75. The lowest BCUT2D eigenvalue weighted by Gasteiger charge is -2.23. The minimum atomic E-state index is -3.88. The molecule has 5 nitrogen and oxygen atoms in total. The summed E-state index contributed by atoms with van der Waals surface area (Å²) in [5.41, 5.74) is 0.0780. The summed E-state index contributed by atoms with van der Waals surface area (Å²) in [5.74, 6) is -1.99. The number of hydrogen-bond donors (Lipinski definition) is 1. The second-order valence-electron chi connectivity index (χ2n) is 5.06. The Kier molecular flexibility index (Phi) is 6.41. The van der Waals surface area contributed by atoms with E-state index in [1.54, 1.807) is 13.8 Å². The number of nitrogens with one attached hydrogen (secondary N) is 1. The summed E-state index contributed by atoms with van der Waals surface area (Å²) in [4.78, 5) is 0. The molecule has 0 heterocycles. The van der Waals surface area contributed by atoms with Crippen LogP contribution < -0.4 is 4.72 Å². The first-order valence-corrected chi connectivity index (χ1v) is 8.23. The van der Waals surface area contributed by atoms with E-state index in [1.807, 2.05) is 6.07 Å². The molecular weight excluding hydrogens is 312 g/mol. The molecule has 0 saturated heterocycles. The Morgan fingerprint density at radius 2 is 2.05 bits per heavy atom. The highest BCUT2D eigenvalue weighted by Gasteiger charge is 2.25. The molecule has 1 rings (SSSR count). The fourth-order valence-corrected chi connectivity index (χ4v) is 3.20. The summed E-state index contributed by atoms with van der Waals surface area (Å²) < 4.78 is 54.5. The summed E-state index contributed by atoms with van der Waals surface area (Å²) >= 11 is 0. The molecule has 0 bridgehead atoms. The Balaban J connectivity index is 2.96. The quantitative estimate of drug-likeness (QED) is 0.833. The van der Waals surface area contributed by atoms with Crippen LogP contribution in [0.15, 0.2) is 18.2 Å². The van der Waals surface area contributed by atoms with Gasteiger partial charge in [0.25, 0.3) is 10.2 Å². The van der Waals surface area contributed by atoms with Gasteiger partial charge in [-0.25, -0.2) is 8.78 Å². The number of rotatable bonds is 7. The number of halogens is 2. The van der Waals surface area contributed by atoms with Crippen molar-refractivity contribution >= 4 is 10.2 Å². The van der Waals surface area contributed by atoms with Crippen LogP contribution in [0.2, 0.25) is 0 Å². The maximum Gasteiger partial charge on any atom is 0.279 e. The summed E-state index contributed by atoms with van der Waals surface area (Å²) in [6.45, 7) is 3.31. The Hall–Kier alpha value is -1.56. The second-order valence-corrected chi connectivity index (χ2v) is 6.87. The fraction of sp³-hybridized carbons (Fsp3) is 0.500. The molecule has 0 aliphatic rings. The third-order valence-electron chi connectivity index (χ3n) is 3.20. The first kappa shape index (κ1) is 18.5. The molecule has 1 aromatic rings. The summed E-state index contributed by atoms with van der Waals surface area (Å²) in [6, 6.07) is 4.15. The van der Waals surface area contributed by atoms with Gasteiger partial charge in [0.05, 0.1) is 18.0 Å². The molecule has 0 aliphatic carbocycles. The zero-order valence-corrected chi connectivity index (χ0v) is 13.5. The van der Waals surface area contributed by atoms with Crippen LogP contribution in [0, 0.1) is 28.9 Å². The van der Waals surface area contributed by atoms with Gasteiger partial charge in [0.1, 0.15) is 11.6 Å². The van der Waals surface area contributed by atoms with E-state index in [4.69, 9.17) is 5.26 Å². The Labute approximate surface area is 129 Å². The monoisotopic (exact) mass is 331 g/mol. The van der Waals surface area contributed by atoms with Crippen LogP contribution in [0.5, 0.6) is 0 Å². The fourth-order valence-electron chi connectivity index (χ4n) is 1.95. The van der Waals surface area contributed by atoms with Crippen molar-refractivity contribution in [3.8, 4) is 6.07 Å². The standard InChI is InChI=1S/C14H19F2N3O2S/c1-4-14(12-6-5-11(15)7-13(12)16)18-22(20,21)19(3)9-10(2)8-17/h5-7,10,14,18H,4,9H2,1-3H3/t10-,14+/m0/s1. The molecule has 0 saturated carbocycles. The van der Waals surface area contributed by atoms with Gasteiger partial charge in [-0.2, -0.15) is 22.7 Å². The Morgan fingerprint density at radius 3 is 2.55 bits per heavy atom. The molecular formula is C14H19F2N3O2S. The summed E-state index contributed by atoms with van der Waals surface area (Å²) in [5, 5.41) is 8.74. The average molecular weight is 331 g/mol. The molecule has 0 fully saturated rings. The zero-order valence-electron chi connectivity index (χ0n) is 12.7. The first-order chi connectivity index (χ1) is 10.2. The van der Waals surface area contributed by atoms with Gasteiger partial charge in [-0.15, -0.1) is 0 Å². The van der Waals surface area contributed by atoms with Gasteiger partial charge >= 0.3 is 0 Å². The summed E-state index contributed by atoms with van der Waals surface area (Å²) in [6.07, 6.45) is 0.295. The van der Waals surface area contributed by atoms with Crippen LogP contribution in [0.1, 0.15) is 31.9 Å². The topological polar surface area (TPSA) is 73.2 Å². The molecule has 1 aromatic carbocycles. The highest BCUT2D eigenvalue weighted by Crippen LogP contribution is 2.22. The van der Waals surface area contributed by atoms with E-state index < -0.39 is 33.8 Å². The lowest BCUT2D eigenvalue weighted by molar-refractivity contribution is 0.419. The zero-order chi connectivity index (χ0) is 16.9. The lowest BCUT2D eigenvalue weighted by Crippen LogP contribution is -2.41. The van der Waals surface area contributed by atoms with Crippen molar-refractivity contribution in [1.82, 2.24) is 9.03 Å². The van der Waals surface area contributed by atoms with Crippen molar-refractivity contribution < 1.29 is 17.2 Å². The van der Waals surface area contributed by atoms with Crippen molar-refractivity contribution in [2.45, 2.75) is 26.3 Å². The molecule has 0 unspecified atom stereocenters. The molecule has 0 amide bonds. The summed E-state index contributed by atoms with van der Waals surface area (Å²) in [7, 11) is -2.54. The van der Waals surface area contributed by atoms with Crippen LogP contribution >= 0.6 is 0 Å². The molecule has 122 valence electrons. The Morgan fingerprint density at radius 1 is 1.41 bits per heavy atom. The van der Waals surface area contributed by atoms with Crippen molar-refractivity contribution in [3.05, 3.63) is 35.4 Å². The van der Waals surface area contributed by atoms with E-state index in [-0.39, 0.29) is 12.1 Å². The van der Waals surface area contributed by atoms with Gasteiger partial charge in [-0.05, 0) is 19.4 Å². The number of hydrogen-bond acceptors (Lipinski definition) is 3. The van der Waals surface area contributed by atoms with E-state index in [1.165, 1.54) is 13.1 Å². The van der Waals surface area contributed by atoms with Crippen LogP contribution in [0.25, 0.3) is 0 Å². The van der Waals surface area contributed by atoms with Crippen LogP contribution in [0.3, 0.4) is 0 Å². The van der Waals surface area contributed by atoms with Crippen molar-refractivity contribution in [1.29, 1.82) is 5.26 Å². The van der Waals surface area contributed by atoms with Gasteiger partial charge in [-0.3, -0.25) is 0 Å². The first-order valence-electron chi connectivity index (χ1n) is 6.79. The van der Waals surface area contributed by atoms with E-state index in [2.05, 4.69) is 4.72 Å². The third kappa shape index (κ3) is 4.73. The molecule has 0 aromatic heterocycles. The smallest absolute Gasteiger partial charge is 0.207 e. The van der Waals surface area contributed by atoms with Gasteiger partial charge in [-0.1, -0.05) is 13.0 Å². The SMILES string of the molecule is CC[C@@H](NS(=O)(=O)N(C)C[C@@H](C)C#N)c1ccc(F)cc1F. The lowest BCUT2D eigenvalue weighted by atomic mass is 10.1. The van der Waals surface area contributed by atoms with Gasteiger partial charge in [0, 0.05) is 25.2 Å². The van der Waals surface area contributed by atoms with E-state index >= 15 is 0 Å². The average Bonchev–Trinajstić information content (AvgIpc) is 2.45. The molecule has 0 radical (unpaired) electrons. The van der Waals surface area contributed by atoms with Crippen molar-refractivity contribution in [2.24, 2.45) is 5.92 Å². The molecule has 1 N–H and O–H groups in total. The normalized spacial score (nSPS) is 14.6. The predicted octanol–water partition coefficient (Wildman–Crippen LogP) is 2.34. The number of nitriles is 1. The molecule has 8 heteroatoms. The van der Waals surface area contributed by atoms with Gasteiger partial charge in [0.2, 0.25) is 0 Å². The van der Waals surface area contributed by atoms with Crippen molar-refractivity contribution in [2.75, 3.05) is 13.6 Å². The predicted molar refractivity (Wildman–Crippen MR) is 78.9 cm³/mol.